The highest BCUT2D eigenvalue weighted by Gasteiger charge is 2.64. The third kappa shape index (κ3) is 1.25. The second-order valence-corrected chi connectivity index (χ2v) is 6.12. The Hall–Kier alpha value is -0.570. The van der Waals surface area contributed by atoms with E-state index in [1.807, 2.05) is 0 Å². The molecule has 3 saturated carbocycles. The fourth-order valence-electron chi connectivity index (χ4n) is 4.26. The minimum atomic E-state index is -0.671. The standard InChI is InChI=1S/C12H19NO2/c13-7-12(6-10(14)15)4-8-3-11(1-2-11)5-9(8)12/h8-9H,1-7,13H2,(H,14,15)/t8-,9-,12-/m1/s1. The summed E-state index contributed by atoms with van der Waals surface area (Å²) >= 11 is 0. The molecule has 0 aromatic rings. The van der Waals surface area contributed by atoms with Gasteiger partial charge in [0.25, 0.3) is 0 Å². The van der Waals surface area contributed by atoms with Crippen LogP contribution in [0.1, 0.15) is 38.5 Å². The largest absolute Gasteiger partial charge is 0.481 e. The number of carboxylic acids is 1. The molecule has 0 amide bonds. The van der Waals surface area contributed by atoms with E-state index < -0.39 is 5.97 Å². The Kier molecular flexibility index (Phi) is 1.77. The van der Waals surface area contributed by atoms with Crippen LogP contribution in [-0.2, 0) is 4.79 Å². The Morgan fingerprint density at radius 2 is 2.07 bits per heavy atom. The molecule has 3 rings (SSSR count). The second kappa shape index (κ2) is 2.76. The van der Waals surface area contributed by atoms with E-state index >= 15 is 0 Å². The van der Waals surface area contributed by atoms with Crippen molar-refractivity contribution in [2.45, 2.75) is 38.5 Å². The number of hydrogen-bond acceptors (Lipinski definition) is 2. The summed E-state index contributed by atoms with van der Waals surface area (Å²) in [7, 11) is 0. The molecule has 0 aromatic heterocycles. The second-order valence-electron chi connectivity index (χ2n) is 6.12. The van der Waals surface area contributed by atoms with Gasteiger partial charge in [0, 0.05) is 0 Å². The summed E-state index contributed by atoms with van der Waals surface area (Å²) < 4.78 is 0. The van der Waals surface area contributed by atoms with Crippen LogP contribution in [0.2, 0.25) is 0 Å². The van der Waals surface area contributed by atoms with Crippen LogP contribution in [0.5, 0.6) is 0 Å². The molecule has 3 nitrogen and oxygen atoms in total. The van der Waals surface area contributed by atoms with Crippen LogP contribution in [0.3, 0.4) is 0 Å². The zero-order valence-electron chi connectivity index (χ0n) is 9.04. The maximum atomic E-state index is 10.9. The number of carboxylic acid groups (broad SMARTS) is 1. The van der Waals surface area contributed by atoms with E-state index in [0.717, 1.165) is 12.3 Å². The topological polar surface area (TPSA) is 63.3 Å². The third-order valence-electron chi connectivity index (χ3n) is 5.24. The maximum absolute atomic E-state index is 10.9. The Balaban J connectivity index is 1.75. The van der Waals surface area contributed by atoms with Gasteiger partial charge in [-0.05, 0) is 61.3 Å². The first kappa shape index (κ1) is 9.64. The van der Waals surface area contributed by atoms with E-state index in [1.165, 1.54) is 25.7 Å². The molecule has 3 atom stereocenters. The fourth-order valence-corrected chi connectivity index (χ4v) is 4.26. The quantitative estimate of drug-likeness (QED) is 0.742. The van der Waals surface area contributed by atoms with Crippen molar-refractivity contribution in [1.29, 1.82) is 0 Å². The number of aliphatic carboxylic acids is 1. The molecule has 84 valence electrons. The van der Waals surface area contributed by atoms with Crippen LogP contribution in [0.4, 0.5) is 0 Å². The average Bonchev–Trinajstić information content (AvgIpc) is 2.85. The minimum Gasteiger partial charge on any atom is -0.481 e. The molecule has 3 N–H and O–H groups in total. The average molecular weight is 209 g/mol. The van der Waals surface area contributed by atoms with Crippen molar-refractivity contribution in [3.05, 3.63) is 0 Å². The highest BCUT2D eigenvalue weighted by atomic mass is 16.4. The fraction of sp³-hybridized carbons (Fsp3) is 0.917. The number of carbonyl (C=O) groups is 1. The molecule has 0 unspecified atom stereocenters. The molecule has 0 bridgehead atoms. The lowest BCUT2D eigenvalue weighted by molar-refractivity contribution is -0.145. The van der Waals surface area contributed by atoms with Crippen molar-refractivity contribution in [2.75, 3.05) is 6.54 Å². The summed E-state index contributed by atoms with van der Waals surface area (Å²) in [6.45, 7) is 0.566. The van der Waals surface area contributed by atoms with Crippen LogP contribution in [0, 0.1) is 22.7 Å². The smallest absolute Gasteiger partial charge is 0.303 e. The Labute approximate surface area is 90.0 Å². The van der Waals surface area contributed by atoms with Crippen molar-refractivity contribution in [1.82, 2.24) is 0 Å². The number of rotatable bonds is 3. The van der Waals surface area contributed by atoms with Gasteiger partial charge in [-0.3, -0.25) is 4.79 Å². The van der Waals surface area contributed by atoms with Crippen molar-refractivity contribution < 1.29 is 9.90 Å². The number of nitrogens with two attached hydrogens (primary N) is 1. The first-order chi connectivity index (χ1) is 7.09. The summed E-state index contributed by atoms with van der Waals surface area (Å²) in [5.74, 6) is 0.757. The SMILES string of the molecule is NC[C@]1(CC(=O)O)C[C@H]2CC3(CC3)C[C@H]21. The van der Waals surface area contributed by atoms with Crippen LogP contribution in [0.15, 0.2) is 0 Å². The van der Waals surface area contributed by atoms with Crippen LogP contribution in [0.25, 0.3) is 0 Å². The summed E-state index contributed by atoms with van der Waals surface area (Å²) in [5, 5.41) is 8.96. The molecule has 0 aliphatic heterocycles. The van der Waals surface area contributed by atoms with Crippen LogP contribution >= 0.6 is 0 Å². The summed E-state index contributed by atoms with van der Waals surface area (Å²) in [6, 6.07) is 0. The van der Waals surface area contributed by atoms with Gasteiger partial charge in [-0.25, -0.2) is 0 Å². The predicted octanol–water partition coefficient (Wildman–Crippen LogP) is 1.62. The zero-order chi connectivity index (χ0) is 10.7. The van der Waals surface area contributed by atoms with Gasteiger partial charge in [-0.15, -0.1) is 0 Å². The van der Waals surface area contributed by atoms with Crippen molar-refractivity contribution in [3.8, 4) is 0 Å². The number of hydrogen-bond donors (Lipinski definition) is 2. The van der Waals surface area contributed by atoms with Gasteiger partial charge in [0.05, 0.1) is 6.42 Å². The molecule has 3 heteroatoms. The van der Waals surface area contributed by atoms with Gasteiger partial charge >= 0.3 is 5.97 Å². The van der Waals surface area contributed by atoms with Gasteiger partial charge in [0.2, 0.25) is 0 Å². The molecule has 0 aromatic carbocycles. The number of fused-ring (bicyclic) bond motifs is 1. The van der Waals surface area contributed by atoms with Crippen LogP contribution < -0.4 is 5.73 Å². The summed E-state index contributed by atoms with van der Waals surface area (Å²) in [5.41, 5.74) is 6.42. The summed E-state index contributed by atoms with van der Waals surface area (Å²) in [6.07, 6.45) is 6.76. The highest BCUT2D eigenvalue weighted by Crippen LogP contribution is 2.72. The van der Waals surface area contributed by atoms with Crippen molar-refractivity contribution >= 4 is 5.97 Å². The van der Waals surface area contributed by atoms with Crippen molar-refractivity contribution in [3.63, 3.8) is 0 Å². The monoisotopic (exact) mass is 209 g/mol. The first-order valence-corrected chi connectivity index (χ1v) is 6.01. The molecular weight excluding hydrogens is 190 g/mol. The predicted molar refractivity (Wildman–Crippen MR) is 56.2 cm³/mol. The zero-order valence-corrected chi connectivity index (χ0v) is 9.04. The van der Waals surface area contributed by atoms with Gasteiger partial charge in [-0.1, -0.05) is 0 Å². The normalized spacial score (nSPS) is 44.9. The lowest BCUT2D eigenvalue weighted by atomic mass is 9.53. The molecular formula is C12H19NO2. The lowest BCUT2D eigenvalue weighted by Gasteiger charge is -2.51. The van der Waals surface area contributed by atoms with E-state index in [2.05, 4.69) is 0 Å². The Morgan fingerprint density at radius 3 is 2.60 bits per heavy atom. The highest BCUT2D eigenvalue weighted by molar-refractivity contribution is 5.68. The van der Waals surface area contributed by atoms with Crippen LogP contribution in [-0.4, -0.2) is 17.6 Å². The van der Waals surface area contributed by atoms with Gasteiger partial charge in [-0.2, -0.15) is 0 Å². The molecule has 3 aliphatic rings. The van der Waals surface area contributed by atoms with E-state index in [0.29, 0.717) is 24.3 Å². The molecule has 3 fully saturated rings. The van der Waals surface area contributed by atoms with E-state index in [9.17, 15) is 4.79 Å². The summed E-state index contributed by atoms with van der Waals surface area (Å²) in [4.78, 5) is 10.9. The van der Waals surface area contributed by atoms with Gasteiger partial charge in [0.15, 0.2) is 0 Å². The Morgan fingerprint density at radius 1 is 1.33 bits per heavy atom. The van der Waals surface area contributed by atoms with Crippen molar-refractivity contribution in [2.24, 2.45) is 28.4 Å². The molecule has 0 heterocycles. The van der Waals surface area contributed by atoms with Gasteiger partial charge in [0.1, 0.15) is 0 Å². The molecule has 1 spiro atoms. The maximum Gasteiger partial charge on any atom is 0.303 e. The van der Waals surface area contributed by atoms with E-state index in [4.69, 9.17) is 10.8 Å². The van der Waals surface area contributed by atoms with E-state index in [1.54, 1.807) is 0 Å². The Bertz CT molecular complexity index is 311. The minimum absolute atomic E-state index is 0.0391. The molecule has 15 heavy (non-hydrogen) atoms. The third-order valence-corrected chi connectivity index (χ3v) is 5.24. The van der Waals surface area contributed by atoms with Gasteiger partial charge < -0.3 is 10.8 Å². The molecule has 0 saturated heterocycles. The van der Waals surface area contributed by atoms with E-state index in [-0.39, 0.29) is 5.41 Å². The molecule has 0 radical (unpaired) electrons. The first-order valence-electron chi connectivity index (χ1n) is 6.01. The molecule has 3 aliphatic carbocycles. The lowest BCUT2D eigenvalue weighted by Crippen LogP contribution is -2.51.